The van der Waals surface area contributed by atoms with Gasteiger partial charge >= 0.3 is 6.03 Å². The molecule has 0 aromatic carbocycles. The van der Waals surface area contributed by atoms with Crippen LogP contribution in [-0.2, 0) is 0 Å². The van der Waals surface area contributed by atoms with Gasteiger partial charge in [0.15, 0.2) is 0 Å². The third-order valence-corrected chi connectivity index (χ3v) is 4.33. The molecular weight excluding hydrogens is 282 g/mol. The maximum atomic E-state index is 12.5. The van der Waals surface area contributed by atoms with Crippen LogP contribution in [0.1, 0.15) is 25.0 Å². The quantitative estimate of drug-likeness (QED) is 0.833. The molecule has 3 rings (SSSR count). The first-order valence-electron chi connectivity index (χ1n) is 8.00. The molecule has 1 N–H and O–H groups in total. The Hall–Kier alpha value is -2.05. The Balaban J connectivity index is 1.60. The fourth-order valence-electron chi connectivity index (χ4n) is 3.11. The van der Waals surface area contributed by atoms with Crippen LogP contribution in [0.5, 0.6) is 0 Å². The minimum atomic E-state index is -0.130. The minimum absolute atomic E-state index is 0.130. The van der Waals surface area contributed by atoms with Crippen LogP contribution in [0.15, 0.2) is 10.9 Å². The molecule has 1 aromatic rings. The molecule has 2 aliphatic heterocycles. The highest BCUT2D eigenvalue weighted by Gasteiger charge is 2.26. The number of aromatic nitrogens is 2. The van der Waals surface area contributed by atoms with E-state index < -0.39 is 0 Å². The molecule has 2 saturated heterocycles. The van der Waals surface area contributed by atoms with E-state index in [0.29, 0.717) is 37.8 Å². The number of amides is 2. The lowest BCUT2D eigenvalue weighted by Crippen LogP contribution is -2.54. The molecule has 7 heteroatoms. The predicted octanol–water partition coefficient (Wildman–Crippen LogP) is 0.806. The average molecular weight is 305 g/mol. The number of carbonyl (C=O) groups excluding carboxylic acids is 1. The Labute approximate surface area is 129 Å². The van der Waals surface area contributed by atoms with Crippen LogP contribution >= 0.6 is 0 Å². The van der Waals surface area contributed by atoms with Crippen molar-refractivity contribution in [2.45, 2.75) is 26.2 Å². The third kappa shape index (κ3) is 3.23. The fraction of sp³-hybridized carbons (Fsp3) is 0.667. The number of hydrogen-bond donors (Lipinski definition) is 1. The number of carbonyl (C=O) groups is 1. The van der Waals surface area contributed by atoms with Crippen molar-refractivity contribution in [2.24, 2.45) is 0 Å². The Kier molecular flexibility index (Phi) is 4.31. The summed E-state index contributed by atoms with van der Waals surface area (Å²) in [7, 11) is 0. The molecule has 0 atom stereocenters. The summed E-state index contributed by atoms with van der Waals surface area (Å²) < 4.78 is 0. The second-order valence-corrected chi connectivity index (χ2v) is 6.01. The number of aromatic amines is 1. The molecule has 22 heavy (non-hydrogen) atoms. The van der Waals surface area contributed by atoms with Crippen LogP contribution in [-0.4, -0.2) is 65.1 Å². The summed E-state index contributed by atoms with van der Waals surface area (Å²) in [5, 5.41) is 0. The van der Waals surface area contributed by atoms with Crippen LogP contribution in [0.25, 0.3) is 0 Å². The molecule has 7 nitrogen and oxygen atoms in total. The van der Waals surface area contributed by atoms with E-state index in [1.165, 1.54) is 12.5 Å². The molecule has 0 saturated carbocycles. The molecule has 0 radical (unpaired) electrons. The van der Waals surface area contributed by atoms with Gasteiger partial charge in [0, 0.05) is 51.0 Å². The molecule has 0 bridgehead atoms. The molecule has 0 aliphatic carbocycles. The first-order chi connectivity index (χ1) is 10.6. The van der Waals surface area contributed by atoms with Crippen molar-refractivity contribution >= 4 is 12.0 Å². The van der Waals surface area contributed by atoms with Gasteiger partial charge in [-0.25, -0.2) is 9.78 Å². The second kappa shape index (κ2) is 6.37. The van der Waals surface area contributed by atoms with Crippen molar-refractivity contribution in [1.29, 1.82) is 0 Å². The number of hydrogen-bond acceptors (Lipinski definition) is 4. The van der Waals surface area contributed by atoms with Gasteiger partial charge in [-0.05, 0) is 26.2 Å². The van der Waals surface area contributed by atoms with E-state index in [9.17, 15) is 9.59 Å². The zero-order valence-electron chi connectivity index (χ0n) is 13.0. The lowest BCUT2D eigenvalue weighted by Gasteiger charge is -2.38. The number of anilines is 1. The number of nitrogens with one attached hydrogen (secondary N) is 1. The smallest absolute Gasteiger partial charge is 0.320 e. The van der Waals surface area contributed by atoms with E-state index in [2.05, 4.69) is 9.97 Å². The second-order valence-electron chi connectivity index (χ2n) is 6.01. The summed E-state index contributed by atoms with van der Waals surface area (Å²) in [6.45, 7) is 6.32. The SMILES string of the molecule is Cc1cc(=O)[nH]c(N2CCN(C(=O)N3CCCCC3)CC2)n1. The number of urea groups is 1. The van der Waals surface area contributed by atoms with Crippen molar-refractivity contribution in [3.63, 3.8) is 0 Å². The van der Waals surface area contributed by atoms with Gasteiger partial charge in [-0.1, -0.05) is 0 Å². The summed E-state index contributed by atoms with van der Waals surface area (Å²) in [6, 6.07) is 1.64. The maximum absolute atomic E-state index is 12.5. The standard InChI is InChI=1S/C15H23N5O2/c1-12-11-13(21)17-14(16-12)18-7-9-20(10-8-18)15(22)19-5-3-2-4-6-19/h11H,2-10H2,1H3,(H,16,17,21). The number of H-pyrrole nitrogens is 1. The molecule has 0 unspecified atom stereocenters. The highest BCUT2D eigenvalue weighted by atomic mass is 16.2. The van der Waals surface area contributed by atoms with Gasteiger partial charge < -0.3 is 14.7 Å². The molecule has 2 amide bonds. The van der Waals surface area contributed by atoms with Gasteiger partial charge in [0.25, 0.3) is 5.56 Å². The van der Waals surface area contributed by atoms with Crippen molar-refractivity contribution in [2.75, 3.05) is 44.2 Å². The number of aryl methyl sites for hydroxylation is 1. The monoisotopic (exact) mass is 305 g/mol. The van der Waals surface area contributed by atoms with E-state index in [4.69, 9.17) is 0 Å². The fourth-order valence-corrected chi connectivity index (χ4v) is 3.11. The van der Waals surface area contributed by atoms with E-state index in [1.54, 1.807) is 0 Å². The van der Waals surface area contributed by atoms with E-state index in [0.717, 1.165) is 25.9 Å². The maximum Gasteiger partial charge on any atom is 0.320 e. The highest BCUT2D eigenvalue weighted by Crippen LogP contribution is 2.14. The highest BCUT2D eigenvalue weighted by molar-refractivity contribution is 5.74. The van der Waals surface area contributed by atoms with Gasteiger partial charge in [-0.3, -0.25) is 9.78 Å². The van der Waals surface area contributed by atoms with Crippen molar-refractivity contribution in [3.8, 4) is 0 Å². The van der Waals surface area contributed by atoms with E-state index in [1.807, 2.05) is 21.6 Å². The summed E-state index contributed by atoms with van der Waals surface area (Å²) in [5.41, 5.74) is 0.583. The topological polar surface area (TPSA) is 72.5 Å². The van der Waals surface area contributed by atoms with Crippen LogP contribution in [0.3, 0.4) is 0 Å². The van der Waals surface area contributed by atoms with Gasteiger partial charge in [0.05, 0.1) is 0 Å². The minimum Gasteiger partial charge on any atom is -0.339 e. The van der Waals surface area contributed by atoms with Gasteiger partial charge in [0.1, 0.15) is 0 Å². The largest absolute Gasteiger partial charge is 0.339 e. The van der Waals surface area contributed by atoms with Crippen LogP contribution < -0.4 is 10.5 Å². The zero-order chi connectivity index (χ0) is 15.5. The van der Waals surface area contributed by atoms with Gasteiger partial charge in [-0.2, -0.15) is 0 Å². The number of likely N-dealkylation sites (tertiary alicyclic amines) is 1. The summed E-state index contributed by atoms with van der Waals surface area (Å²) >= 11 is 0. The van der Waals surface area contributed by atoms with Crippen molar-refractivity contribution in [3.05, 3.63) is 22.1 Å². The number of piperidine rings is 1. The first kappa shape index (κ1) is 14.9. The Bertz CT molecular complexity index is 586. The lowest BCUT2D eigenvalue weighted by atomic mass is 10.1. The molecule has 2 fully saturated rings. The average Bonchev–Trinajstić information content (AvgIpc) is 2.54. The van der Waals surface area contributed by atoms with Gasteiger partial charge in [0.2, 0.25) is 5.95 Å². The van der Waals surface area contributed by atoms with E-state index >= 15 is 0 Å². The predicted molar refractivity (Wildman–Crippen MR) is 84.2 cm³/mol. The first-order valence-corrected chi connectivity index (χ1v) is 8.00. The van der Waals surface area contributed by atoms with Crippen LogP contribution in [0, 0.1) is 6.92 Å². The molecular formula is C15H23N5O2. The zero-order valence-corrected chi connectivity index (χ0v) is 13.0. The van der Waals surface area contributed by atoms with Crippen LogP contribution in [0.4, 0.5) is 10.7 Å². The molecule has 3 heterocycles. The number of nitrogens with zero attached hydrogens (tertiary/aromatic N) is 4. The summed E-state index contributed by atoms with van der Waals surface area (Å²) in [4.78, 5) is 37.1. The Morgan fingerprint density at radius 3 is 2.32 bits per heavy atom. The number of rotatable bonds is 1. The van der Waals surface area contributed by atoms with Gasteiger partial charge in [-0.15, -0.1) is 0 Å². The normalized spacial score (nSPS) is 19.4. The lowest BCUT2D eigenvalue weighted by molar-refractivity contribution is 0.141. The number of piperazine rings is 1. The van der Waals surface area contributed by atoms with E-state index in [-0.39, 0.29) is 11.6 Å². The Morgan fingerprint density at radius 1 is 1.05 bits per heavy atom. The summed E-state index contributed by atoms with van der Waals surface area (Å²) in [5.74, 6) is 0.607. The van der Waals surface area contributed by atoms with Crippen molar-refractivity contribution in [1.82, 2.24) is 19.8 Å². The van der Waals surface area contributed by atoms with Crippen molar-refractivity contribution < 1.29 is 4.79 Å². The summed E-state index contributed by atoms with van der Waals surface area (Å²) in [6.07, 6.45) is 3.45. The Morgan fingerprint density at radius 2 is 1.68 bits per heavy atom. The molecule has 120 valence electrons. The molecule has 1 aromatic heterocycles. The van der Waals surface area contributed by atoms with Crippen LogP contribution in [0.2, 0.25) is 0 Å². The molecule has 2 aliphatic rings. The molecule has 0 spiro atoms. The third-order valence-electron chi connectivity index (χ3n) is 4.33.